The van der Waals surface area contributed by atoms with E-state index in [1.165, 1.54) is 6.20 Å². The molecule has 58 valence electrons. The minimum absolute atomic E-state index is 0.166. The van der Waals surface area contributed by atoms with Crippen molar-refractivity contribution in [1.82, 2.24) is 0 Å². The summed E-state index contributed by atoms with van der Waals surface area (Å²) in [5.74, 6) is -0.166. The molecule has 0 saturated heterocycles. The van der Waals surface area contributed by atoms with Gasteiger partial charge >= 0.3 is 5.97 Å². The van der Waals surface area contributed by atoms with E-state index < -0.39 is 0 Å². The molecule has 0 heterocycles. The number of nitrogens with two attached hydrogens (primary N) is 1. The van der Waals surface area contributed by atoms with Gasteiger partial charge in [0.05, 0.1) is 6.61 Å². The topological polar surface area (TPSA) is 52.3 Å². The highest BCUT2D eigenvalue weighted by Crippen LogP contribution is 1.92. The molecule has 0 aliphatic rings. The molecule has 0 atom stereocenters. The van der Waals surface area contributed by atoms with Crippen molar-refractivity contribution in [2.24, 2.45) is 5.73 Å². The number of ether oxygens (including phenoxy) is 1. The Morgan fingerprint density at radius 3 is 2.90 bits per heavy atom. The summed E-state index contributed by atoms with van der Waals surface area (Å²) in [6.07, 6.45) is 4.24. The predicted octanol–water partition coefficient (Wildman–Crippen LogP) is 0.802. The van der Waals surface area contributed by atoms with E-state index in [4.69, 9.17) is 5.73 Å². The molecule has 0 aliphatic heterocycles. The van der Waals surface area contributed by atoms with Crippen LogP contribution in [-0.4, -0.2) is 12.6 Å². The summed E-state index contributed by atoms with van der Waals surface area (Å²) in [5.41, 5.74) is 5.06. The first-order valence-corrected chi connectivity index (χ1v) is 3.33. The van der Waals surface area contributed by atoms with Crippen LogP contribution in [0.3, 0.4) is 0 Å². The molecule has 0 radical (unpaired) electrons. The van der Waals surface area contributed by atoms with Crippen molar-refractivity contribution in [3.63, 3.8) is 0 Å². The van der Waals surface area contributed by atoms with Gasteiger partial charge in [-0.25, -0.2) is 0 Å². The minimum Gasteiger partial charge on any atom is -0.466 e. The molecule has 3 heteroatoms. The number of carbonyl (C=O) groups is 1. The number of rotatable bonds is 4. The largest absolute Gasteiger partial charge is 0.466 e. The zero-order chi connectivity index (χ0) is 7.82. The fourth-order valence-electron chi connectivity index (χ4n) is 0.531. The van der Waals surface area contributed by atoms with E-state index >= 15 is 0 Å². The quantitative estimate of drug-likeness (QED) is 0.592. The number of hydrogen-bond donors (Lipinski definition) is 1. The van der Waals surface area contributed by atoms with Crippen LogP contribution in [0.5, 0.6) is 0 Å². The Morgan fingerprint density at radius 1 is 1.70 bits per heavy atom. The van der Waals surface area contributed by atoms with Crippen LogP contribution in [0.2, 0.25) is 0 Å². The summed E-state index contributed by atoms with van der Waals surface area (Å²) in [6, 6.07) is 0. The third-order valence-electron chi connectivity index (χ3n) is 0.957. The number of carbonyl (C=O) groups excluding carboxylic acids is 1. The fourth-order valence-corrected chi connectivity index (χ4v) is 0.531. The summed E-state index contributed by atoms with van der Waals surface area (Å²) in [4.78, 5) is 10.6. The predicted molar refractivity (Wildman–Crippen MR) is 39.2 cm³/mol. The number of esters is 1. The van der Waals surface area contributed by atoms with Crippen molar-refractivity contribution in [2.75, 3.05) is 6.61 Å². The minimum atomic E-state index is -0.166. The first kappa shape index (κ1) is 9.01. The lowest BCUT2D eigenvalue weighted by atomic mass is 10.3. The molecule has 0 aromatic heterocycles. The maximum Gasteiger partial charge on any atom is 0.306 e. The van der Waals surface area contributed by atoms with Crippen molar-refractivity contribution in [2.45, 2.75) is 19.8 Å². The van der Waals surface area contributed by atoms with Crippen molar-refractivity contribution in [1.29, 1.82) is 0 Å². The molecule has 0 unspecified atom stereocenters. The molecule has 0 aromatic rings. The van der Waals surface area contributed by atoms with Gasteiger partial charge in [0, 0.05) is 6.42 Å². The summed E-state index contributed by atoms with van der Waals surface area (Å²) in [6.45, 7) is 2.24. The molecule has 0 saturated carbocycles. The molecule has 2 N–H and O–H groups in total. The maximum atomic E-state index is 10.6. The van der Waals surface area contributed by atoms with E-state index in [0.29, 0.717) is 19.4 Å². The van der Waals surface area contributed by atoms with Crippen LogP contribution in [0.4, 0.5) is 0 Å². The smallest absolute Gasteiger partial charge is 0.306 e. The van der Waals surface area contributed by atoms with Crippen molar-refractivity contribution < 1.29 is 9.53 Å². The molecule has 0 amide bonds. The molecule has 10 heavy (non-hydrogen) atoms. The maximum absolute atomic E-state index is 10.6. The van der Waals surface area contributed by atoms with Crippen LogP contribution in [0.25, 0.3) is 0 Å². The molecule has 0 spiro atoms. The molecular formula is C7H13NO2. The van der Waals surface area contributed by atoms with Gasteiger partial charge in [-0.1, -0.05) is 6.08 Å². The molecule has 0 bridgehead atoms. The molecule has 0 aromatic carbocycles. The summed E-state index contributed by atoms with van der Waals surface area (Å²) < 4.78 is 4.67. The van der Waals surface area contributed by atoms with Crippen LogP contribution in [-0.2, 0) is 9.53 Å². The molecule has 0 fully saturated rings. The zero-order valence-corrected chi connectivity index (χ0v) is 6.17. The second kappa shape index (κ2) is 6.13. The lowest BCUT2D eigenvalue weighted by Crippen LogP contribution is -2.02. The Hall–Kier alpha value is -0.990. The lowest BCUT2D eigenvalue weighted by molar-refractivity contribution is -0.142. The molecular weight excluding hydrogens is 130 g/mol. The summed E-state index contributed by atoms with van der Waals surface area (Å²) in [7, 11) is 0. The highest BCUT2D eigenvalue weighted by atomic mass is 16.5. The highest BCUT2D eigenvalue weighted by molar-refractivity contribution is 5.69. The Labute approximate surface area is 60.9 Å². The average Bonchev–Trinajstić information content (AvgIpc) is 1.89. The second-order valence-corrected chi connectivity index (χ2v) is 1.77. The van der Waals surface area contributed by atoms with Gasteiger partial charge in [0.2, 0.25) is 0 Å². The van der Waals surface area contributed by atoms with Crippen LogP contribution < -0.4 is 5.73 Å². The van der Waals surface area contributed by atoms with E-state index in [0.717, 1.165) is 0 Å². The highest BCUT2D eigenvalue weighted by Gasteiger charge is 1.96. The lowest BCUT2D eigenvalue weighted by Gasteiger charge is -1.97. The van der Waals surface area contributed by atoms with E-state index in [1.54, 1.807) is 13.0 Å². The van der Waals surface area contributed by atoms with Crippen LogP contribution in [0.15, 0.2) is 12.3 Å². The Morgan fingerprint density at radius 2 is 2.40 bits per heavy atom. The molecule has 0 rings (SSSR count). The average molecular weight is 143 g/mol. The normalized spacial score (nSPS) is 10.1. The van der Waals surface area contributed by atoms with Crippen molar-refractivity contribution >= 4 is 5.97 Å². The number of hydrogen-bond acceptors (Lipinski definition) is 3. The molecule has 0 aliphatic carbocycles. The van der Waals surface area contributed by atoms with Gasteiger partial charge in [0.15, 0.2) is 0 Å². The second-order valence-electron chi connectivity index (χ2n) is 1.77. The SMILES string of the molecule is CCOC(=O)CCC=CN. The fraction of sp³-hybridized carbons (Fsp3) is 0.571. The zero-order valence-electron chi connectivity index (χ0n) is 6.17. The third-order valence-corrected chi connectivity index (χ3v) is 0.957. The van der Waals surface area contributed by atoms with Gasteiger partial charge in [0.1, 0.15) is 0 Å². The standard InChI is InChI=1S/C7H13NO2/c1-2-10-7(9)5-3-4-6-8/h4,6H,2-3,5,8H2,1H3. The summed E-state index contributed by atoms with van der Waals surface area (Å²) >= 11 is 0. The van der Waals surface area contributed by atoms with Gasteiger partial charge in [0.25, 0.3) is 0 Å². The van der Waals surface area contributed by atoms with Crippen LogP contribution in [0.1, 0.15) is 19.8 Å². The van der Waals surface area contributed by atoms with Gasteiger partial charge in [-0.2, -0.15) is 0 Å². The van der Waals surface area contributed by atoms with Crippen molar-refractivity contribution in [3.8, 4) is 0 Å². The van der Waals surface area contributed by atoms with Crippen LogP contribution >= 0.6 is 0 Å². The Balaban J connectivity index is 3.21. The first-order valence-electron chi connectivity index (χ1n) is 3.33. The van der Waals surface area contributed by atoms with E-state index in [9.17, 15) is 4.79 Å². The van der Waals surface area contributed by atoms with E-state index in [2.05, 4.69) is 4.74 Å². The Kier molecular flexibility index (Phi) is 5.53. The third kappa shape index (κ3) is 5.15. The van der Waals surface area contributed by atoms with Gasteiger partial charge in [-0.3, -0.25) is 4.79 Å². The van der Waals surface area contributed by atoms with Gasteiger partial charge < -0.3 is 10.5 Å². The van der Waals surface area contributed by atoms with Crippen molar-refractivity contribution in [3.05, 3.63) is 12.3 Å². The molecule has 3 nitrogen and oxygen atoms in total. The monoisotopic (exact) mass is 143 g/mol. The van der Waals surface area contributed by atoms with Gasteiger partial charge in [-0.15, -0.1) is 0 Å². The first-order chi connectivity index (χ1) is 4.81. The number of allylic oxidation sites excluding steroid dienone is 1. The summed E-state index contributed by atoms with van der Waals surface area (Å²) in [5, 5.41) is 0. The van der Waals surface area contributed by atoms with E-state index in [-0.39, 0.29) is 5.97 Å². The Bertz CT molecular complexity index is 121. The van der Waals surface area contributed by atoms with E-state index in [1.807, 2.05) is 0 Å². The van der Waals surface area contributed by atoms with Crippen LogP contribution in [0, 0.1) is 0 Å². The van der Waals surface area contributed by atoms with Gasteiger partial charge in [-0.05, 0) is 19.5 Å².